The Morgan fingerprint density at radius 2 is 2.00 bits per heavy atom. The highest BCUT2D eigenvalue weighted by atomic mass is 16.5. The van der Waals surface area contributed by atoms with Gasteiger partial charge in [-0.05, 0) is 49.1 Å². The molecule has 1 aliphatic heterocycles. The fourth-order valence-corrected chi connectivity index (χ4v) is 3.04. The van der Waals surface area contributed by atoms with Crippen molar-refractivity contribution in [3.8, 4) is 5.75 Å². The number of nitrogens with zero attached hydrogens (tertiary/aromatic N) is 3. The molecule has 7 heteroatoms. The fraction of sp³-hybridized carbons (Fsp3) is 0.333. The monoisotopic (exact) mass is 341 g/mol. The molecule has 1 amide bonds. The summed E-state index contributed by atoms with van der Waals surface area (Å²) in [4.78, 5) is 33.6. The third kappa shape index (κ3) is 3.60. The standard InChI is InChI=1S/C18H19N3O4/c1-11-5-14(6-12(2)17(11)25-9-16(22)23)18(24)21-4-3-13-7-19-10-20-15(13)8-21/h5-7,10H,3-4,8-9H2,1-2H3,(H,22,23). The van der Waals surface area contributed by atoms with Gasteiger partial charge in [0.2, 0.25) is 0 Å². The summed E-state index contributed by atoms with van der Waals surface area (Å²) in [5.41, 5.74) is 4.00. The van der Waals surface area contributed by atoms with Crippen molar-refractivity contribution in [2.75, 3.05) is 13.2 Å². The number of aliphatic carboxylic acids is 1. The number of ether oxygens (including phenoxy) is 1. The molecule has 2 heterocycles. The largest absolute Gasteiger partial charge is 0.481 e. The molecule has 0 radical (unpaired) electrons. The van der Waals surface area contributed by atoms with Crippen LogP contribution in [-0.4, -0.2) is 45.0 Å². The van der Waals surface area contributed by atoms with Crippen molar-refractivity contribution in [2.45, 2.75) is 26.8 Å². The van der Waals surface area contributed by atoms with Gasteiger partial charge in [-0.2, -0.15) is 0 Å². The highest BCUT2D eigenvalue weighted by Crippen LogP contribution is 2.26. The first-order valence-corrected chi connectivity index (χ1v) is 7.98. The van der Waals surface area contributed by atoms with Crippen LogP contribution >= 0.6 is 0 Å². The number of hydrogen-bond acceptors (Lipinski definition) is 5. The highest BCUT2D eigenvalue weighted by molar-refractivity contribution is 5.95. The van der Waals surface area contributed by atoms with Crippen LogP contribution in [0.25, 0.3) is 0 Å². The molecule has 1 aromatic heterocycles. The summed E-state index contributed by atoms with van der Waals surface area (Å²) in [5.74, 6) is -0.594. The van der Waals surface area contributed by atoms with Gasteiger partial charge in [-0.15, -0.1) is 0 Å². The van der Waals surface area contributed by atoms with E-state index in [4.69, 9.17) is 9.84 Å². The van der Waals surface area contributed by atoms with Gasteiger partial charge in [0, 0.05) is 18.3 Å². The van der Waals surface area contributed by atoms with Crippen molar-refractivity contribution in [3.63, 3.8) is 0 Å². The van der Waals surface area contributed by atoms with E-state index in [-0.39, 0.29) is 5.91 Å². The lowest BCUT2D eigenvalue weighted by atomic mass is 10.0. The fourth-order valence-electron chi connectivity index (χ4n) is 3.04. The Morgan fingerprint density at radius 1 is 1.28 bits per heavy atom. The molecule has 1 aliphatic rings. The van der Waals surface area contributed by atoms with Gasteiger partial charge < -0.3 is 14.7 Å². The van der Waals surface area contributed by atoms with Crippen molar-refractivity contribution in [1.82, 2.24) is 14.9 Å². The van der Waals surface area contributed by atoms with Crippen LogP contribution < -0.4 is 4.74 Å². The van der Waals surface area contributed by atoms with Crippen LogP contribution in [0.2, 0.25) is 0 Å². The van der Waals surface area contributed by atoms with Crippen LogP contribution in [0.1, 0.15) is 32.7 Å². The Bertz CT molecular complexity index is 812. The number of carbonyl (C=O) groups is 2. The molecule has 25 heavy (non-hydrogen) atoms. The number of aromatic nitrogens is 2. The number of benzene rings is 1. The van der Waals surface area contributed by atoms with Crippen molar-refractivity contribution in [3.05, 3.63) is 52.6 Å². The van der Waals surface area contributed by atoms with Gasteiger partial charge in [-0.1, -0.05) is 0 Å². The van der Waals surface area contributed by atoms with E-state index in [1.165, 1.54) is 6.33 Å². The molecule has 130 valence electrons. The van der Waals surface area contributed by atoms with Gasteiger partial charge in [0.15, 0.2) is 6.61 Å². The molecule has 2 aromatic rings. The number of carboxylic acid groups (broad SMARTS) is 1. The Balaban J connectivity index is 1.80. The van der Waals surface area contributed by atoms with Gasteiger partial charge >= 0.3 is 5.97 Å². The third-order valence-electron chi connectivity index (χ3n) is 4.21. The summed E-state index contributed by atoms with van der Waals surface area (Å²) in [6.45, 7) is 4.29. The number of carboxylic acids is 1. The zero-order valence-corrected chi connectivity index (χ0v) is 14.2. The zero-order valence-electron chi connectivity index (χ0n) is 14.2. The van der Waals surface area contributed by atoms with Crippen LogP contribution in [0.4, 0.5) is 0 Å². The summed E-state index contributed by atoms with van der Waals surface area (Å²) in [5, 5.41) is 8.75. The molecular formula is C18H19N3O4. The Kier molecular flexibility index (Phi) is 4.65. The number of fused-ring (bicyclic) bond motifs is 1. The Hall–Kier alpha value is -2.96. The van der Waals surface area contributed by atoms with Crippen molar-refractivity contribution in [2.24, 2.45) is 0 Å². The summed E-state index contributed by atoms with van der Waals surface area (Å²) >= 11 is 0. The molecule has 0 spiro atoms. The molecule has 0 fully saturated rings. The minimum absolute atomic E-state index is 0.0692. The predicted molar refractivity (Wildman–Crippen MR) is 89.5 cm³/mol. The second-order valence-electron chi connectivity index (χ2n) is 6.09. The molecule has 0 saturated heterocycles. The minimum atomic E-state index is -1.03. The maximum absolute atomic E-state index is 12.8. The molecule has 0 unspecified atom stereocenters. The van der Waals surface area contributed by atoms with Gasteiger partial charge in [0.05, 0.1) is 12.2 Å². The van der Waals surface area contributed by atoms with E-state index in [1.54, 1.807) is 37.1 Å². The van der Waals surface area contributed by atoms with Crippen LogP contribution in [0.5, 0.6) is 5.75 Å². The van der Waals surface area contributed by atoms with Crippen LogP contribution in [-0.2, 0) is 17.8 Å². The zero-order chi connectivity index (χ0) is 18.0. The van der Waals surface area contributed by atoms with E-state index in [2.05, 4.69) is 9.97 Å². The molecule has 7 nitrogen and oxygen atoms in total. The average molecular weight is 341 g/mol. The number of hydrogen-bond donors (Lipinski definition) is 1. The van der Waals surface area contributed by atoms with E-state index in [9.17, 15) is 9.59 Å². The van der Waals surface area contributed by atoms with Crippen LogP contribution in [0.15, 0.2) is 24.7 Å². The third-order valence-corrected chi connectivity index (χ3v) is 4.21. The summed E-state index contributed by atoms with van der Waals surface area (Å²) in [6.07, 6.45) is 4.03. The molecule has 1 aromatic carbocycles. The lowest BCUT2D eigenvalue weighted by Gasteiger charge is -2.28. The van der Waals surface area contributed by atoms with E-state index in [0.717, 1.165) is 28.8 Å². The molecule has 0 saturated carbocycles. The number of rotatable bonds is 4. The van der Waals surface area contributed by atoms with E-state index >= 15 is 0 Å². The second kappa shape index (κ2) is 6.88. The molecule has 1 N–H and O–H groups in total. The first-order chi connectivity index (χ1) is 12.0. The Morgan fingerprint density at radius 3 is 2.68 bits per heavy atom. The topological polar surface area (TPSA) is 92.6 Å². The molecule has 0 aliphatic carbocycles. The average Bonchev–Trinajstić information content (AvgIpc) is 2.59. The molecule has 0 atom stereocenters. The Labute approximate surface area is 145 Å². The molecular weight excluding hydrogens is 322 g/mol. The summed E-state index contributed by atoms with van der Waals surface area (Å²) < 4.78 is 5.31. The maximum atomic E-state index is 12.8. The minimum Gasteiger partial charge on any atom is -0.481 e. The van der Waals surface area contributed by atoms with E-state index in [1.807, 2.05) is 0 Å². The quantitative estimate of drug-likeness (QED) is 0.911. The van der Waals surface area contributed by atoms with Crippen LogP contribution in [0.3, 0.4) is 0 Å². The van der Waals surface area contributed by atoms with Gasteiger partial charge in [-0.25, -0.2) is 14.8 Å². The van der Waals surface area contributed by atoms with Gasteiger partial charge in [0.1, 0.15) is 12.1 Å². The van der Waals surface area contributed by atoms with Crippen LogP contribution in [0, 0.1) is 13.8 Å². The summed E-state index contributed by atoms with van der Waals surface area (Å²) in [7, 11) is 0. The molecule has 3 rings (SSSR count). The van der Waals surface area contributed by atoms with Crippen molar-refractivity contribution < 1.29 is 19.4 Å². The van der Waals surface area contributed by atoms with Crippen molar-refractivity contribution >= 4 is 11.9 Å². The number of carbonyl (C=O) groups excluding carboxylic acids is 1. The maximum Gasteiger partial charge on any atom is 0.341 e. The lowest BCUT2D eigenvalue weighted by molar-refractivity contribution is -0.139. The number of aryl methyl sites for hydroxylation is 2. The van der Waals surface area contributed by atoms with E-state index < -0.39 is 12.6 Å². The smallest absolute Gasteiger partial charge is 0.341 e. The van der Waals surface area contributed by atoms with E-state index in [0.29, 0.717) is 24.4 Å². The predicted octanol–water partition coefficient (Wildman–Crippen LogP) is 1.76. The summed E-state index contributed by atoms with van der Waals surface area (Å²) in [6, 6.07) is 3.48. The first-order valence-electron chi connectivity index (χ1n) is 7.98. The lowest BCUT2D eigenvalue weighted by Crippen LogP contribution is -2.36. The van der Waals surface area contributed by atoms with Gasteiger partial charge in [0.25, 0.3) is 5.91 Å². The first kappa shape index (κ1) is 16.9. The molecule has 0 bridgehead atoms. The second-order valence-corrected chi connectivity index (χ2v) is 6.09. The normalized spacial score (nSPS) is 13.3. The van der Waals surface area contributed by atoms with Gasteiger partial charge in [-0.3, -0.25) is 4.79 Å². The number of amides is 1. The van der Waals surface area contributed by atoms with Crippen molar-refractivity contribution in [1.29, 1.82) is 0 Å². The highest BCUT2D eigenvalue weighted by Gasteiger charge is 2.23. The SMILES string of the molecule is Cc1cc(C(=O)N2CCc3cncnc3C2)cc(C)c1OCC(=O)O.